The molecular formula is C24H33ClN4O. The second-order valence-corrected chi connectivity index (χ2v) is 9.39. The van der Waals surface area contributed by atoms with Crippen LogP contribution in [0.25, 0.3) is 10.9 Å². The summed E-state index contributed by atoms with van der Waals surface area (Å²) in [6.07, 6.45) is 9.24. The molecule has 0 unspecified atom stereocenters. The van der Waals surface area contributed by atoms with Gasteiger partial charge in [0.25, 0.3) is 0 Å². The molecule has 0 bridgehead atoms. The van der Waals surface area contributed by atoms with Crippen LogP contribution in [0.3, 0.4) is 0 Å². The van der Waals surface area contributed by atoms with Gasteiger partial charge in [0.15, 0.2) is 0 Å². The summed E-state index contributed by atoms with van der Waals surface area (Å²) in [5.74, 6) is 1.60. The number of hydrogen-bond donors (Lipinski definition) is 2. The van der Waals surface area contributed by atoms with Gasteiger partial charge in [-0.1, -0.05) is 30.9 Å². The molecule has 0 aliphatic heterocycles. The van der Waals surface area contributed by atoms with E-state index in [4.69, 9.17) is 16.6 Å². The van der Waals surface area contributed by atoms with E-state index in [2.05, 4.69) is 22.6 Å². The third-order valence-corrected chi connectivity index (χ3v) is 7.30. The van der Waals surface area contributed by atoms with Crippen LogP contribution in [-0.2, 0) is 4.79 Å². The number of carbonyl (C=O) groups is 1. The summed E-state index contributed by atoms with van der Waals surface area (Å²) < 4.78 is 0. The number of amides is 1. The fraction of sp³-hybridized carbons (Fsp3) is 0.583. The van der Waals surface area contributed by atoms with Gasteiger partial charge in [-0.05, 0) is 75.9 Å². The third-order valence-electron chi connectivity index (χ3n) is 6.98. The van der Waals surface area contributed by atoms with E-state index in [0.29, 0.717) is 16.6 Å². The number of nitrogens with zero attached hydrogens (tertiary/aromatic N) is 2. The number of pyridine rings is 1. The smallest absolute Gasteiger partial charge is 0.230 e. The number of rotatable bonds is 8. The summed E-state index contributed by atoms with van der Waals surface area (Å²) in [4.78, 5) is 20.3. The van der Waals surface area contributed by atoms with Crippen molar-refractivity contribution in [1.29, 1.82) is 0 Å². The lowest BCUT2D eigenvalue weighted by Crippen LogP contribution is -2.32. The molecule has 2 aliphatic rings. The van der Waals surface area contributed by atoms with Crippen molar-refractivity contribution in [2.75, 3.05) is 37.4 Å². The lowest BCUT2D eigenvalue weighted by atomic mass is 9.77. The Labute approximate surface area is 184 Å². The van der Waals surface area contributed by atoms with Crippen molar-refractivity contribution in [2.24, 2.45) is 11.3 Å². The number of fused-ring (bicyclic) bond motifs is 1. The SMILES string of the molecule is CNCCCN(C)c1ccc2c(NC(=O)C3(C4CCCCC4)CC3)c(Cl)ccc2n1. The highest BCUT2D eigenvalue weighted by Crippen LogP contribution is 2.57. The lowest BCUT2D eigenvalue weighted by Gasteiger charge is -2.29. The molecule has 30 heavy (non-hydrogen) atoms. The van der Waals surface area contributed by atoms with Gasteiger partial charge in [-0.15, -0.1) is 0 Å². The van der Waals surface area contributed by atoms with E-state index in [0.717, 1.165) is 49.1 Å². The standard InChI is InChI=1S/C24H33ClN4O/c1-26-15-6-16-29(2)21-12-9-18-20(27-21)11-10-19(25)22(18)28-23(30)24(13-14-24)17-7-4-3-5-8-17/h9-12,17,26H,3-8,13-16H2,1-2H3,(H,28,30). The normalized spacial score (nSPS) is 18.4. The van der Waals surface area contributed by atoms with Crippen LogP contribution in [0.2, 0.25) is 5.02 Å². The highest BCUT2D eigenvalue weighted by Gasteiger charge is 2.55. The molecule has 2 fully saturated rings. The minimum absolute atomic E-state index is 0.150. The Bertz CT molecular complexity index is 905. The van der Waals surface area contributed by atoms with E-state index in [9.17, 15) is 4.79 Å². The Balaban J connectivity index is 1.55. The molecule has 6 heteroatoms. The zero-order chi connectivity index (χ0) is 21.1. The molecule has 5 nitrogen and oxygen atoms in total. The topological polar surface area (TPSA) is 57.3 Å². The van der Waals surface area contributed by atoms with Gasteiger partial charge >= 0.3 is 0 Å². The molecule has 2 aromatic rings. The summed E-state index contributed by atoms with van der Waals surface area (Å²) in [6.45, 7) is 1.91. The fourth-order valence-electron chi connectivity index (χ4n) is 4.96. The van der Waals surface area contributed by atoms with Crippen molar-refractivity contribution >= 4 is 39.9 Å². The molecule has 2 saturated carbocycles. The van der Waals surface area contributed by atoms with E-state index in [-0.39, 0.29) is 11.3 Å². The first-order valence-electron chi connectivity index (χ1n) is 11.3. The molecule has 1 aromatic carbocycles. The molecule has 2 aliphatic carbocycles. The Hall–Kier alpha value is -1.85. The molecule has 162 valence electrons. The molecule has 0 radical (unpaired) electrons. The van der Waals surface area contributed by atoms with E-state index >= 15 is 0 Å². The van der Waals surface area contributed by atoms with Crippen LogP contribution in [0.5, 0.6) is 0 Å². The van der Waals surface area contributed by atoms with Gasteiger partial charge in [0.1, 0.15) is 5.82 Å². The third kappa shape index (κ3) is 4.28. The molecule has 2 N–H and O–H groups in total. The quantitative estimate of drug-likeness (QED) is 0.565. The molecule has 0 saturated heterocycles. The minimum atomic E-state index is -0.174. The predicted molar refractivity (Wildman–Crippen MR) is 125 cm³/mol. The number of anilines is 2. The largest absolute Gasteiger partial charge is 0.360 e. The van der Waals surface area contributed by atoms with Gasteiger partial charge in [0, 0.05) is 19.0 Å². The fourth-order valence-corrected chi connectivity index (χ4v) is 5.17. The van der Waals surface area contributed by atoms with Crippen molar-refractivity contribution in [3.8, 4) is 0 Å². The maximum Gasteiger partial charge on any atom is 0.230 e. The summed E-state index contributed by atoms with van der Waals surface area (Å²) in [6, 6.07) is 7.83. The summed E-state index contributed by atoms with van der Waals surface area (Å²) >= 11 is 6.53. The maximum atomic E-state index is 13.3. The maximum absolute atomic E-state index is 13.3. The van der Waals surface area contributed by atoms with Crippen molar-refractivity contribution < 1.29 is 4.79 Å². The first-order chi connectivity index (χ1) is 14.5. The second-order valence-electron chi connectivity index (χ2n) is 8.98. The van der Waals surface area contributed by atoms with Crippen LogP contribution in [0.15, 0.2) is 24.3 Å². The molecule has 0 atom stereocenters. The first kappa shape index (κ1) is 21.4. The first-order valence-corrected chi connectivity index (χ1v) is 11.7. The molecule has 4 rings (SSSR count). The summed E-state index contributed by atoms with van der Waals surface area (Å²) in [7, 11) is 4.03. The number of halogens is 1. The van der Waals surface area contributed by atoms with Gasteiger partial charge in [0.2, 0.25) is 5.91 Å². The number of nitrogens with one attached hydrogen (secondary N) is 2. The Morgan fingerprint density at radius 3 is 2.67 bits per heavy atom. The van der Waals surface area contributed by atoms with Gasteiger partial charge < -0.3 is 15.5 Å². The molecule has 1 aromatic heterocycles. The molecule has 1 amide bonds. The van der Waals surface area contributed by atoms with Crippen molar-refractivity contribution in [3.63, 3.8) is 0 Å². The Morgan fingerprint density at radius 2 is 1.97 bits per heavy atom. The van der Waals surface area contributed by atoms with Crippen LogP contribution in [-0.4, -0.2) is 38.1 Å². The highest BCUT2D eigenvalue weighted by atomic mass is 35.5. The van der Waals surface area contributed by atoms with Crippen molar-refractivity contribution in [2.45, 2.75) is 51.4 Å². The summed E-state index contributed by atoms with van der Waals surface area (Å²) in [5.41, 5.74) is 1.39. The van der Waals surface area contributed by atoms with Crippen LogP contribution >= 0.6 is 11.6 Å². The average molecular weight is 429 g/mol. The Morgan fingerprint density at radius 1 is 1.20 bits per heavy atom. The number of benzene rings is 1. The van der Waals surface area contributed by atoms with Crippen molar-refractivity contribution in [1.82, 2.24) is 10.3 Å². The van der Waals surface area contributed by atoms with Crippen LogP contribution in [0, 0.1) is 11.3 Å². The average Bonchev–Trinajstić information content (AvgIpc) is 3.58. The highest BCUT2D eigenvalue weighted by molar-refractivity contribution is 6.35. The number of hydrogen-bond acceptors (Lipinski definition) is 4. The van der Waals surface area contributed by atoms with Gasteiger partial charge in [0.05, 0.1) is 21.6 Å². The lowest BCUT2D eigenvalue weighted by molar-refractivity contribution is -0.123. The minimum Gasteiger partial charge on any atom is -0.360 e. The van der Waals surface area contributed by atoms with E-state index < -0.39 is 0 Å². The van der Waals surface area contributed by atoms with Gasteiger partial charge in [-0.25, -0.2) is 4.98 Å². The van der Waals surface area contributed by atoms with Gasteiger partial charge in [-0.2, -0.15) is 0 Å². The zero-order valence-electron chi connectivity index (χ0n) is 18.1. The monoisotopic (exact) mass is 428 g/mol. The van der Waals surface area contributed by atoms with Crippen LogP contribution in [0.1, 0.15) is 51.4 Å². The molecule has 0 spiro atoms. The van der Waals surface area contributed by atoms with E-state index in [1.54, 1.807) is 0 Å². The van der Waals surface area contributed by atoms with E-state index in [1.165, 1.54) is 32.1 Å². The zero-order valence-corrected chi connectivity index (χ0v) is 18.9. The van der Waals surface area contributed by atoms with E-state index in [1.807, 2.05) is 31.3 Å². The Kier molecular flexibility index (Phi) is 6.49. The molecular weight excluding hydrogens is 396 g/mol. The predicted octanol–water partition coefficient (Wildman–Crippen LogP) is 5.23. The van der Waals surface area contributed by atoms with Crippen LogP contribution < -0.4 is 15.5 Å². The second kappa shape index (κ2) is 9.11. The number of aromatic nitrogens is 1. The van der Waals surface area contributed by atoms with Crippen molar-refractivity contribution in [3.05, 3.63) is 29.3 Å². The molecule has 1 heterocycles. The summed E-state index contributed by atoms with van der Waals surface area (Å²) in [5, 5.41) is 7.87. The number of carbonyl (C=O) groups excluding carboxylic acids is 1. The van der Waals surface area contributed by atoms with Gasteiger partial charge in [-0.3, -0.25) is 4.79 Å². The van der Waals surface area contributed by atoms with Crippen LogP contribution in [0.4, 0.5) is 11.5 Å².